The summed E-state index contributed by atoms with van der Waals surface area (Å²) in [5, 5.41) is 13.6. The quantitative estimate of drug-likeness (QED) is 0.891. The summed E-state index contributed by atoms with van der Waals surface area (Å²) < 4.78 is 2.06. The maximum Gasteiger partial charge on any atom is 0.268 e. The van der Waals surface area contributed by atoms with Crippen LogP contribution in [0.3, 0.4) is 0 Å². The summed E-state index contributed by atoms with van der Waals surface area (Å²) in [5.74, 6) is -0.126. The molecule has 0 aliphatic heterocycles. The second-order valence-corrected chi connectivity index (χ2v) is 6.81. The third-order valence-corrected chi connectivity index (χ3v) is 4.02. The first-order valence-corrected chi connectivity index (χ1v) is 7.88. The molecule has 120 valence electrons. The van der Waals surface area contributed by atoms with Gasteiger partial charge in [-0.1, -0.05) is 45.9 Å². The Kier molecular flexibility index (Phi) is 4.91. The summed E-state index contributed by atoms with van der Waals surface area (Å²) in [6.07, 6.45) is 0.960. The molecule has 22 heavy (non-hydrogen) atoms. The van der Waals surface area contributed by atoms with Crippen molar-refractivity contribution >= 4 is 16.8 Å². The van der Waals surface area contributed by atoms with Crippen LogP contribution in [0.4, 0.5) is 0 Å². The Balaban J connectivity index is 2.37. The highest BCUT2D eigenvalue weighted by molar-refractivity contribution is 5.99. The predicted molar refractivity (Wildman–Crippen MR) is 90.0 cm³/mol. The normalized spacial score (nSPS) is 13.3. The minimum absolute atomic E-state index is 0.0662. The third-order valence-electron chi connectivity index (χ3n) is 4.02. The molecule has 1 aromatic heterocycles. The molecule has 0 aliphatic rings. The fourth-order valence-electron chi connectivity index (χ4n) is 2.63. The van der Waals surface area contributed by atoms with Crippen LogP contribution in [0.25, 0.3) is 10.9 Å². The Hall–Kier alpha value is -1.81. The largest absolute Gasteiger partial charge is 0.394 e. The fourth-order valence-corrected chi connectivity index (χ4v) is 2.63. The number of aliphatic hydroxyl groups excluding tert-OH is 1. The Morgan fingerprint density at radius 1 is 1.32 bits per heavy atom. The Labute approximate surface area is 132 Å². The number of carbonyl (C=O) groups excluding carboxylic acids is 1. The average Bonchev–Trinajstić information content (AvgIpc) is 2.83. The number of hydrogen-bond donors (Lipinski definition) is 2. The lowest BCUT2D eigenvalue weighted by Crippen LogP contribution is -2.46. The van der Waals surface area contributed by atoms with E-state index >= 15 is 0 Å². The number of fused-ring (bicyclic) bond motifs is 1. The number of carbonyl (C=O) groups is 1. The molecule has 2 N–H and O–H groups in total. The van der Waals surface area contributed by atoms with E-state index < -0.39 is 0 Å². The van der Waals surface area contributed by atoms with E-state index in [1.807, 2.05) is 51.1 Å². The van der Waals surface area contributed by atoms with Crippen LogP contribution in [-0.4, -0.2) is 28.2 Å². The van der Waals surface area contributed by atoms with Crippen molar-refractivity contribution in [2.24, 2.45) is 5.41 Å². The molecule has 0 saturated heterocycles. The van der Waals surface area contributed by atoms with Crippen molar-refractivity contribution in [2.45, 2.75) is 46.7 Å². The molecule has 1 atom stereocenters. The van der Waals surface area contributed by atoms with Gasteiger partial charge in [-0.2, -0.15) is 0 Å². The van der Waals surface area contributed by atoms with Crippen molar-refractivity contribution in [2.75, 3.05) is 6.61 Å². The maximum absolute atomic E-state index is 12.7. The second-order valence-electron chi connectivity index (χ2n) is 6.81. The highest BCUT2D eigenvalue weighted by Crippen LogP contribution is 2.22. The molecule has 4 heteroatoms. The van der Waals surface area contributed by atoms with Crippen molar-refractivity contribution in [1.82, 2.24) is 9.88 Å². The van der Waals surface area contributed by atoms with Gasteiger partial charge in [-0.15, -0.1) is 0 Å². The molecule has 0 spiro atoms. The number of nitrogens with zero attached hydrogens (tertiary/aromatic N) is 1. The molecule has 0 aliphatic carbocycles. The van der Waals surface area contributed by atoms with E-state index in [1.165, 1.54) is 0 Å². The van der Waals surface area contributed by atoms with E-state index in [9.17, 15) is 9.90 Å². The third kappa shape index (κ3) is 3.33. The van der Waals surface area contributed by atoms with E-state index in [0.29, 0.717) is 5.69 Å². The van der Waals surface area contributed by atoms with E-state index in [4.69, 9.17) is 0 Å². The first kappa shape index (κ1) is 16.6. The number of amides is 1. The molecular weight excluding hydrogens is 276 g/mol. The van der Waals surface area contributed by atoms with Crippen molar-refractivity contribution in [1.29, 1.82) is 0 Å². The van der Waals surface area contributed by atoms with Crippen molar-refractivity contribution < 1.29 is 9.90 Å². The highest BCUT2D eigenvalue weighted by Gasteiger charge is 2.27. The van der Waals surface area contributed by atoms with Crippen LogP contribution in [0.5, 0.6) is 0 Å². The fraction of sp³-hybridized carbons (Fsp3) is 0.500. The molecular formula is C18H26N2O2. The van der Waals surface area contributed by atoms with Crippen molar-refractivity contribution in [3.63, 3.8) is 0 Å². The highest BCUT2D eigenvalue weighted by atomic mass is 16.3. The molecule has 1 unspecified atom stereocenters. The summed E-state index contributed by atoms with van der Waals surface area (Å²) in [6.45, 7) is 8.86. The van der Waals surface area contributed by atoms with Gasteiger partial charge in [0, 0.05) is 17.4 Å². The number of benzene rings is 1. The van der Waals surface area contributed by atoms with Gasteiger partial charge in [0.25, 0.3) is 5.91 Å². The van der Waals surface area contributed by atoms with Gasteiger partial charge in [-0.05, 0) is 24.0 Å². The van der Waals surface area contributed by atoms with E-state index in [0.717, 1.165) is 23.9 Å². The van der Waals surface area contributed by atoms with Crippen LogP contribution < -0.4 is 5.32 Å². The number of rotatable bonds is 5. The maximum atomic E-state index is 12.7. The van der Waals surface area contributed by atoms with Crippen LogP contribution in [0.15, 0.2) is 30.3 Å². The van der Waals surface area contributed by atoms with Crippen molar-refractivity contribution in [3.8, 4) is 0 Å². The summed E-state index contributed by atoms with van der Waals surface area (Å²) in [7, 11) is 0. The van der Waals surface area contributed by atoms with Gasteiger partial charge in [-0.25, -0.2) is 0 Å². The zero-order valence-electron chi connectivity index (χ0n) is 13.9. The zero-order valence-corrected chi connectivity index (χ0v) is 13.9. The van der Waals surface area contributed by atoms with Crippen LogP contribution in [0, 0.1) is 5.41 Å². The Morgan fingerprint density at radius 2 is 2.00 bits per heavy atom. The molecule has 2 aromatic rings. The SMILES string of the molecule is CCCn1c(C(=O)NC(CO)C(C)(C)C)cc2ccccc21. The number of aliphatic hydroxyl groups is 1. The molecule has 1 amide bonds. The molecule has 0 radical (unpaired) electrons. The standard InChI is InChI=1S/C18H26N2O2/c1-5-10-20-14-9-7-6-8-13(14)11-15(20)17(22)19-16(12-21)18(2,3)4/h6-9,11,16,21H,5,10,12H2,1-4H3,(H,19,22). The van der Waals surface area contributed by atoms with E-state index in [2.05, 4.69) is 16.8 Å². The van der Waals surface area contributed by atoms with Gasteiger partial charge in [0.05, 0.1) is 12.6 Å². The van der Waals surface area contributed by atoms with Gasteiger partial charge in [0.1, 0.15) is 5.69 Å². The number of para-hydroxylation sites is 1. The lowest BCUT2D eigenvalue weighted by Gasteiger charge is -2.30. The summed E-state index contributed by atoms with van der Waals surface area (Å²) in [4.78, 5) is 12.7. The number of nitrogens with one attached hydrogen (secondary N) is 1. The average molecular weight is 302 g/mol. The molecule has 1 heterocycles. The van der Waals surface area contributed by atoms with Crippen LogP contribution in [0.1, 0.15) is 44.6 Å². The summed E-state index contributed by atoms with van der Waals surface area (Å²) in [6, 6.07) is 9.68. The summed E-state index contributed by atoms with van der Waals surface area (Å²) >= 11 is 0. The van der Waals surface area contributed by atoms with E-state index in [1.54, 1.807) is 0 Å². The molecule has 0 saturated carbocycles. The van der Waals surface area contributed by atoms with Crippen molar-refractivity contribution in [3.05, 3.63) is 36.0 Å². The minimum atomic E-state index is -0.270. The number of aromatic nitrogens is 1. The van der Waals surface area contributed by atoms with Gasteiger partial charge in [0.2, 0.25) is 0 Å². The topological polar surface area (TPSA) is 54.3 Å². The molecule has 4 nitrogen and oxygen atoms in total. The van der Waals surface area contributed by atoms with Gasteiger partial charge >= 0.3 is 0 Å². The zero-order chi connectivity index (χ0) is 16.3. The van der Waals surface area contributed by atoms with Gasteiger partial charge < -0.3 is 15.0 Å². The Morgan fingerprint density at radius 3 is 2.59 bits per heavy atom. The van der Waals surface area contributed by atoms with E-state index in [-0.39, 0.29) is 24.0 Å². The molecule has 0 bridgehead atoms. The smallest absolute Gasteiger partial charge is 0.268 e. The summed E-state index contributed by atoms with van der Waals surface area (Å²) in [5.41, 5.74) is 1.54. The van der Waals surface area contributed by atoms with Crippen LogP contribution in [-0.2, 0) is 6.54 Å². The first-order chi connectivity index (χ1) is 10.4. The lowest BCUT2D eigenvalue weighted by atomic mass is 9.87. The molecule has 2 rings (SSSR count). The molecule has 0 fully saturated rings. The minimum Gasteiger partial charge on any atom is -0.394 e. The Bertz CT molecular complexity index is 653. The number of aryl methyl sites for hydroxylation is 1. The monoisotopic (exact) mass is 302 g/mol. The van der Waals surface area contributed by atoms with Gasteiger partial charge in [0.15, 0.2) is 0 Å². The predicted octanol–water partition coefficient (Wildman–Crippen LogP) is 3.19. The second kappa shape index (κ2) is 6.53. The first-order valence-electron chi connectivity index (χ1n) is 7.88. The lowest BCUT2D eigenvalue weighted by molar-refractivity contribution is 0.0839. The van der Waals surface area contributed by atoms with Crippen LogP contribution >= 0.6 is 0 Å². The van der Waals surface area contributed by atoms with Crippen LogP contribution in [0.2, 0.25) is 0 Å². The molecule has 1 aromatic carbocycles. The number of hydrogen-bond acceptors (Lipinski definition) is 2. The van der Waals surface area contributed by atoms with Gasteiger partial charge in [-0.3, -0.25) is 4.79 Å².